The van der Waals surface area contributed by atoms with E-state index >= 15 is 0 Å². The predicted molar refractivity (Wildman–Crippen MR) is 164 cm³/mol. The third kappa shape index (κ3) is 7.21. The van der Waals surface area contributed by atoms with E-state index in [2.05, 4.69) is 0 Å². The average Bonchev–Trinajstić information content (AvgIpc) is 3.49. The molecule has 1 fully saturated rings. The molecule has 0 bridgehead atoms. The maximum atomic E-state index is 12.8. The molecular formula is C33H32O17. The number of carbonyl (C=O) groups is 3. The fraction of sp³-hybridized carbons (Fsp3) is 0.303. The van der Waals surface area contributed by atoms with Gasteiger partial charge in [-0.2, -0.15) is 0 Å². The molecule has 10 N–H and O–H groups in total. The standard InChI is InChI=1S/C33H32O17/c34-12-22-26(40)27(41)28(42)33(49-22)48-20-9-13(1-5-17(20)36)10-21(31(43)44)47-23(39)8-4-14-2-7-18(37)30-24(14)25(32(45)46)29(50-30)15-3-6-16(35)19(38)11-15/h1-9,11,21-22,25-29,33-38,40-42H,10,12H2,(H,43,44)(H,45,46)/t21-,22+,25+,26+,27-,28+,29-,33+/m1/s1. The highest BCUT2D eigenvalue weighted by molar-refractivity contribution is 5.91. The molecule has 17 nitrogen and oxygen atoms in total. The number of carboxylic acid groups (broad SMARTS) is 2. The predicted octanol–water partition coefficient (Wildman–Crippen LogP) is 0.242. The van der Waals surface area contributed by atoms with E-state index in [4.69, 9.17) is 18.9 Å². The molecular weight excluding hydrogens is 668 g/mol. The van der Waals surface area contributed by atoms with Crippen molar-refractivity contribution in [2.45, 2.75) is 55.3 Å². The van der Waals surface area contributed by atoms with Crippen LogP contribution in [0.2, 0.25) is 0 Å². The molecule has 3 aromatic carbocycles. The van der Waals surface area contributed by atoms with Crippen molar-refractivity contribution in [1.82, 2.24) is 0 Å². The number of rotatable bonds is 11. The molecule has 3 aromatic rings. The number of carboxylic acids is 2. The van der Waals surface area contributed by atoms with E-state index in [0.717, 1.165) is 36.4 Å². The number of esters is 1. The molecule has 5 rings (SSSR count). The number of hydrogen-bond acceptors (Lipinski definition) is 15. The number of benzene rings is 3. The second kappa shape index (κ2) is 14.5. The summed E-state index contributed by atoms with van der Waals surface area (Å²) in [6.07, 6.45) is -9.68. The van der Waals surface area contributed by atoms with E-state index < -0.39 is 103 Å². The summed E-state index contributed by atoms with van der Waals surface area (Å²) in [4.78, 5) is 37.2. The van der Waals surface area contributed by atoms with Crippen molar-refractivity contribution >= 4 is 24.0 Å². The lowest BCUT2D eigenvalue weighted by Crippen LogP contribution is -2.60. The van der Waals surface area contributed by atoms with Gasteiger partial charge in [0.1, 0.15) is 36.4 Å². The van der Waals surface area contributed by atoms with Gasteiger partial charge in [-0.1, -0.05) is 18.2 Å². The van der Waals surface area contributed by atoms with Gasteiger partial charge >= 0.3 is 17.9 Å². The molecule has 2 heterocycles. The quantitative estimate of drug-likeness (QED) is 0.0728. The molecule has 0 unspecified atom stereocenters. The van der Waals surface area contributed by atoms with Crippen molar-refractivity contribution in [3.63, 3.8) is 0 Å². The first-order chi connectivity index (χ1) is 23.7. The molecule has 266 valence electrons. The highest BCUT2D eigenvalue weighted by Crippen LogP contribution is 2.52. The van der Waals surface area contributed by atoms with E-state index in [0.29, 0.717) is 0 Å². The lowest BCUT2D eigenvalue weighted by molar-refractivity contribution is -0.277. The fourth-order valence-electron chi connectivity index (χ4n) is 5.57. The summed E-state index contributed by atoms with van der Waals surface area (Å²) >= 11 is 0. The summed E-state index contributed by atoms with van der Waals surface area (Å²) in [5.41, 5.74) is 0.409. The number of aromatic hydroxyl groups is 4. The van der Waals surface area contributed by atoms with Crippen LogP contribution in [0.15, 0.2) is 54.6 Å². The first kappa shape index (κ1) is 35.7. The van der Waals surface area contributed by atoms with Crippen LogP contribution >= 0.6 is 0 Å². The lowest BCUT2D eigenvalue weighted by Gasteiger charge is -2.39. The van der Waals surface area contributed by atoms with Gasteiger partial charge in [0.25, 0.3) is 0 Å². The maximum Gasteiger partial charge on any atom is 0.345 e. The van der Waals surface area contributed by atoms with Crippen molar-refractivity contribution in [3.8, 4) is 34.5 Å². The topological polar surface area (TPSA) is 290 Å². The van der Waals surface area contributed by atoms with Crippen molar-refractivity contribution in [3.05, 3.63) is 76.9 Å². The van der Waals surface area contributed by atoms with E-state index in [1.807, 2.05) is 0 Å². The zero-order valence-corrected chi connectivity index (χ0v) is 25.6. The summed E-state index contributed by atoms with van der Waals surface area (Å²) in [6, 6.07) is 9.64. The number of phenols is 4. The normalized spacial score (nSPS) is 25.0. The van der Waals surface area contributed by atoms with Gasteiger partial charge < -0.3 is 70.0 Å². The van der Waals surface area contributed by atoms with Crippen LogP contribution in [0.1, 0.15) is 34.3 Å². The minimum atomic E-state index is -1.80. The van der Waals surface area contributed by atoms with Gasteiger partial charge in [0.2, 0.25) is 12.4 Å². The Morgan fingerprint density at radius 1 is 0.840 bits per heavy atom. The first-order valence-corrected chi connectivity index (χ1v) is 14.9. The third-order valence-corrected chi connectivity index (χ3v) is 8.13. The molecule has 0 aliphatic carbocycles. The minimum absolute atomic E-state index is 0.0232. The second-order valence-electron chi connectivity index (χ2n) is 11.4. The molecule has 50 heavy (non-hydrogen) atoms. The fourth-order valence-corrected chi connectivity index (χ4v) is 5.57. The summed E-state index contributed by atoms with van der Waals surface area (Å²) in [5.74, 6) is -7.94. The van der Waals surface area contributed by atoms with E-state index in [9.17, 15) is 65.4 Å². The van der Waals surface area contributed by atoms with Crippen LogP contribution in [0.25, 0.3) is 6.08 Å². The molecule has 8 atom stereocenters. The number of fused-ring (bicyclic) bond motifs is 1. The van der Waals surface area contributed by atoms with Gasteiger partial charge in [0, 0.05) is 18.1 Å². The zero-order chi connectivity index (χ0) is 36.4. The summed E-state index contributed by atoms with van der Waals surface area (Å²) in [5, 5.41) is 99.8. The van der Waals surface area contributed by atoms with Gasteiger partial charge in [-0.25, -0.2) is 9.59 Å². The Bertz CT molecular complexity index is 1800. The van der Waals surface area contributed by atoms with Crippen LogP contribution in [0, 0.1) is 0 Å². The first-order valence-electron chi connectivity index (χ1n) is 14.9. The highest BCUT2D eigenvalue weighted by atomic mass is 16.7. The maximum absolute atomic E-state index is 12.8. The van der Waals surface area contributed by atoms with Crippen LogP contribution in [0.4, 0.5) is 0 Å². The Morgan fingerprint density at radius 2 is 1.54 bits per heavy atom. The number of phenolic OH excluding ortho intramolecular Hbond substituents is 4. The number of carbonyl (C=O) groups excluding carboxylic acids is 1. The van der Waals surface area contributed by atoms with Gasteiger partial charge in [0.15, 0.2) is 34.5 Å². The van der Waals surface area contributed by atoms with Crippen LogP contribution in [-0.4, -0.2) is 112 Å². The molecule has 0 spiro atoms. The SMILES string of the molecule is O=C(C=Cc1ccc(O)c2c1[C@H](C(=O)O)[C@@H](c1ccc(O)c(O)c1)O2)O[C@H](Cc1ccc(O)c(O[C@H]2O[C@@H](CO)[C@H](O)[C@@H](O)[C@@H]2O)c1)C(=O)O. The summed E-state index contributed by atoms with van der Waals surface area (Å²) < 4.78 is 21.6. The Balaban J connectivity index is 1.32. The van der Waals surface area contributed by atoms with Crippen LogP contribution in [-0.2, 0) is 30.3 Å². The van der Waals surface area contributed by atoms with E-state index in [-0.39, 0.29) is 33.8 Å². The van der Waals surface area contributed by atoms with Gasteiger partial charge in [-0.3, -0.25) is 4.79 Å². The second-order valence-corrected chi connectivity index (χ2v) is 11.4. The molecule has 0 amide bonds. The number of aliphatic hydroxyl groups excluding tert-OH is 4. The number of hydrogen-bond donors (Lipinski definition) is 10. The molecule has 17 heteroatoms. The molecule has 0 radical (unpaired) electrons. The minimum Gasteiger partial charge on any atom is -0.504 e. The highest BCUT2D eigenvalue weighted by Gasteiger charge is 2.45. The molecule has 0 aromatic heterocycles. The number of aliphatic carboxylic acids is 2. The Labute approximate surface area is 281 Å². The van der Waals surface area contributed by atoms with Crippen molar-refractivity contribution < 1.29 is 84.4 Å². The summed E-state index contributed by atoms with van der Waals surface area (Å²) in [7, 11) is 0. The van der Waals surface area contributed by atoms with E-state index in [1.54, 1.807) is 0 Å². The van der Waals surface area contributed by atoms with Crippen LogP contribution < -0.4 is 9.47 Å². The monoisotopic (exact) mass is 700 g/mol. The van der Waals surface area contributed by atoms with E-state index in [1.165, 1.54) is 24.3 Å². The lowest BCUT2D eigenvalue weighted by atomic mass is 9.88. The molecule has 1 saturated heterocycles. The molecule has 2 aliphatic rings. The summed E-state index contributed by atoms with van der Waals surface area (Å²) in [6.45, 7) is -0.730. The Morgan fingerprint density at radius 3 is 2.20 bits per heavy atom. The van der Waals surface area contributed by atoms with Gasteiger partial charge in [0.05, 0.1) is 6.61 Å². The largest absolute Gasteiger partial charge is 0.504 e. The smallest absolute Gasteiger partial charge is 0.345 e. The van der Waals surface area contributed by atoms with Crippen molar-refractivity contribution in [2.75, 3.05) is 6.61 Å². The van der Waals surface area contributed by atoms with Crippen molar-refractivity contribution in [2.24, 2.45) is 0 Å². The molecule has 2 aliphatic heterocycles. The van der Waals surface area contributed by atoms with Crippen molar-refractivity contribution in [1.29, 1.82) is 0 Å². The Hall–Kier alpha value is -5.59. The van der Waals surface area contributed by atoms with Crippen LogP contribution in [0.5, 0.6) is 34.5 Å². The van der Waals surface area contributed by atoms with Crippen LogP contribution in [0.3, 0.4) is 0 Å². The zero-order valence-electron chi connectivity index (χ0n) is 25.6. The van der Waals surface area contributed by atoms with Gasteiger partial charge in [-0.05, 0) is 53.1 Å². The third-order valence-electron chi connectivity index (χ3n) is 8.13. The number of ether oxygens (including phenoxy) is 4. The average molecular weight is 701 g/mol. The molecule has 0 saturated carbocycles. The number of aliphatic hydroxyl groups is 4. The van der Waals surface area contributed by atoms with Gasteiger partial charge in [-0.15, -0.1) is 0 Å². The Kier molecular flexibility index (Phi) is 10.3.